The molecule has 1 aliphatic rings. The Hall–Kier alpha value is -1.11. The predicted molar refractivity (Wildman–Crippen MR) is 78.8 cm³/mol. The first-order valence-corrected chi connectivity index (χ1v) is 8.25. The fraction of sp³-hybridized carbons (Fsp3) is 0.571. The number of rotatable bonds is 5. The van der Waals surface area contributed by atoms with Crippen LogP contribution in [0.4, 0.5) is 5.69 Å². The monoisotopic (exact) mass is 298 g/mol. The van der Waals surface area contributed by atoms with Crippen LogP contribution in [0.25, 0.3) is 0 Å². The lowest BCUT2D eigenvalue weighted by atomic mass is 9.65. The number of hydrogen-bond acceptors (Lipinski definition) is 4. The number of nitrogens with two attached hydrogens (primary N) is 1. The molecular weight excluding hydrogens is 276 g/mol. The lowest BCUT2D eigenvalue weighted by Crippen LogP contribution is -2.61. The molecule has 0 amide bonds. The van der Waals surface area contributed by atoms with Crippen molar-refractivity contribution in [3.63, 3.8) is 0 Å². The van der Waals surface area contributed by atoms with Crippen molar-refractivity contribution in [2.45, 2.75) is 44.2 Å². The van der Waals surface area contributed by atoms with Gasteiger partial charge in [-0.2, -0.15) is 0 Å². The highest BCUT2D eigenvalue weighted by atomic mass is 32.2. The molecule has 3 N–H and O–H groups in total. The molecule has 2 rings (SSSR count). The van der Waals surface area contributed by atoms with Gasteiger partial charge in [0.2, 0.25) is 10.0 Å². The standard InChI is InChI=1S/C14H22N2O3S/c1-4-19-13-9-12(14(13,2)3)16-20(17,18)11-7-5-10(15)6-8-11/h5-8,12-13,16H,4,9,15H2,1-3H3. The van der Waals surface area contributed by atoms with Crippen molar-refractivity contribution >= 4 is 15.7 Å². The second-order valence-corrected chi connectivity index (χ2v) is 7.46. The van der Waals surface area contributed by atoms with Crippen molar-refractivity contribution in [3.8, 4) is 0 Å². The molecule has 1 fully saturated rings. The molecule has 2 atom stereocenters. The molecule has 0 aliphatic heterocycles. The molecule has 0 bridgehead atoms. The van der Waals surface area contributed by atoms with Crippen LogP contribution in [0.3, 0.4) is 0 Å². The average molecular weight is 298 g/mol. The largest absolute Gasteiger partial charge is 0.399 e. The molecule has 1 aromatic carbocycles. The van der Waals surface area contributed by atoms with E-state index in [2.05, 4.69) is 4.72 Å². The Bertz CT molecular complexity index is 567. The van der Waals surface area contributed by atoms with Gasteiger partial charge in [0.15, 0.2) is 0 Å². The first kappa shape index (κ1) is 15.3. The van der Waals surface area contributed by atoms with Gasteiger partial charge in [-0.15, -0.1) is 0 Å². The van der Waals surface area contributed by atoms with E-state index in [4.69, 9.17) is 10.5 Å². The zero-order chi connectivity index (χ0) is 15.0. The minimum atomic E-state index is -3.51. The second-order valence-electron chi connectivity index (χ2n) is 5.74. The number of sulfonamides is 1. The van der Waals surface area contributed by atoms with E-state index in [9.17, 15) is 8.42 Å². The molecule has 0 aromatic heterocycles. The molecule has 0 spiro atoms. The fourth-order valence-corrected chi connectivity index (χ4v) is 3.88. The van der Waals surface area contributed by atoms with Crippen LogP contribution in [-0.2, 0) is 14.8 Å². The third-order valence-electron chi connectivity index (χ3n) is 4.03. The van der Waals surface area contributed by atoms with Crippen molar-refractivity contribution in [2.24, 2.45) is 5.41 Å². The van der Waals surface area contributed by atoms with E-state index >= 15 is 0 Å². The van der Waals surface area contributed by atoms with Gasteiger partial charge in [-0.25, -0.2) is 13.1 Å². The smallest absolute Gasteiger partial charge is 0.240 e. The van der Waals surface area contributed by atoms with E-state index in [1.807, 2.05) is 20.8 Å². The molecule has 1 aliphatic carbocycles. The zero-order valence-corrected chi connectivity index (χ0v) is 12.9. The van der Waals surface area contributed by atoms with Crippen LogP contribution in [0, 0.1) is 5.41 Å². The Morgan fingerprint density at radius 3 is 2.45 bits per heavy atom. The average Bonchev–Trinajstić information content (AvgIpc) is 2.38. The van der Waals surface area contributed by atoms with Gasteiger partial charge in [-0.05, 0) is 37.6 Å². The maximum absolute atomic E-state index is 12.3. The van der Waals surface area contributed by atoms with E-state index in [-0.39, 0.29) is 22.5 Å². The minimum absolute atomic E-state index is 0.103. The van der Waals surface area contributed by atoms with Gasteiger partial charge >= 0.3 is 0 Å². The van der Waals surface area contributed by atoms with E-state index < -0.39 is 10.0 Å². The summed E-state index contributed by atoms with van der Waals surface area (Å²) in [5.74, 6) is 0. The summed E-state index contributed by atoms with van der Waals surface area (Å²) in [5.41, 5.74) is 5.92. The normalized spacial score (nSPS) is 25.1. The molecule has 5 nitrogen and oxygen atoms in total. The van der Waals surface area contributed by atoms with Gasteiger partial charge in [-0.3, -0.25) is 0 Å². The van der Waals surface area contributed by atoms with Gasteiger partial charge in [0.25, 0.3) is 0 Å². The van der Waals surface area contributed by atoms with E-state index in [1.165, 1.54) is 12.1 Å². The summed E-state index contributed by atoms with van der Waals surface area (Å²) in [6.07, 6.45) is 0.807. The van der Waals surface area contributed by atoms with Crippen molar-refractivity contribution in [2.75, 3.05) is 12.3 Å². The molecule has 0 radical (unpaired) electrons. The van der Waals surface area contributed by atoms with Crippen LogP contribution in [0.2, 0.25) is 0 Å². The quantitative estimate of drug-likeness (QED) is 0.811. The summed E-state index contributed by atoms with van der Waals surface area (Å²) >= 11 is 0. The second kappa shape index (κ2) is 5.35. The van der Waals surface area contributed by atoms with Gasteiger partial charge < -0.3 is 10.5 Å². The predicted octanol–water partition coefficient (Wildman–Crippen LogP) is 1.75. The van der Waals surface area contributed by atoms with Crippen LogP contribution in [0.5, 0.6) is 0 Å². The Labute approximate surface area is 120 Å². The molecular formula is C14H22N2O3S. The van der Waals surface area contributed by atoms with Crippen molar-refractivity contribution in [3.05, 3.63) is 24.3 Å². The Balaban J connectivity index is 2.09. The summed E-state index contributed by atoms with van der Waals surface area (Å²) in [4.78, 5) is 0.238. The molecule has 0 saturated heterocycles. The molecule has 0 heterocycles. The highest BCUT2D eigenvalue weighted by Crippen LogP contribution is 2.43. The highest BCUT2D eigenvalue weighted by molar-refractivity contribution is 7.89. The van der Waals surface area contributed by atoms with E-state index in [0.717, 1.165) is 0 Å². The van der Waals surface area contributed by atoms with E-state index in [0.29, 0.717) is 18.7 Å². The highest BCUT2D eigenvalue weighted by Gasteiger charge is 2.50. The molecule has 1 aromatic rings. The van der Waals surface area contributed by atoms with Crippen LogP contribution < -0.4 is 10.5 Å². The Kier molecular flexibility index (Phi) is 4.09. The number of benzene rings is 1. The number of hydrogen-bond donors (Lipinski definition) is 2. The molecule has 2 unspecified atom stereocenters. The molecule has 1 saturated carbocycles. The van der Waals surface area contributed by atoms with Crippen molar-refractivity contribution in [1.29, 1.82) is 0 Å². The van der Waals surface area contributed by atoms with Gasteiger partial charge in [0.05, 0.1) is 11.0 Å². The molecule has 6 heteroatoms. The molecule has 112 valence electrons. The van der Waals surface area contributed by atoms with Gasteiger partial charge in [-0.1, -0.05) is 13.8 Å². The number of nitrogens with one attached hydrogen (secondary N) is 1. The van der Waals surface area contributed by atoms with Crippen LogP contribution in [0.15, 0.2) is 29.2 Å². The van der Waals surface area contributed by atoms with Crippen molar-refractivity contribution in [1.82, 2.24) is 4.72 Å². The topological polar surface area (TPSA) is 81.4 Å². The van der Waals surface area contributed by atoms with Crippen LogP contribution in [-0.4, -0.2) is 27.2 Å². The summed E-state index contributed by atoms with van der Waals surface area (Å²) in [7, 11) is -3.51. The van der Waals surface area contributed by atoms with Gasteiger partial charge in [0.1, 0.15) is 0 Å². The third kappa shape index (κ3) is 2.82. The minimum Gasteiger partial charge on any atom is -0.399 e. The molecule has 20 heavy (non-hydrogen) atoms. The maximum Gasteiger partial charge on any atom is 0.240 e. The fourth-order valence-electron chi connectivity index (χ4n) is 2.47. The van der Waals surface area contributed by atoms with E-state index in [1.54, 1.807) is 12.1 Å². The number of anilines is 1. The lowest BCUT2D eigenvalue weighted by Gasteiger charge is -2.51. The first-order valence-electron chi connectivity index (χ1n) is 6.77. The number of nitrogen functional groups attached to an aromatic ring is 1. The lowest BCUT2D eigenvalue weighted by molar-refractivity contribution is -0.108. The third-order valence-corrected chi connectivity index (χ3v) is 5.52. The Morgan fingerprint density at radius 2 is 1.95 bits per heavy atom. The summed E-state index contributed by atoms with van der Waals surface area (Å²) in [5, 5.41) is 0. The first-order chi connectivity index (χ1) is 9.27. The Morgan fingerprint density at radius 1 is 1.35 bits per heavy atom. The van der Waals surface area contributed by atoms with Crippen LogP contribution >= 0.6 is 0 Å². The SMILES string of the molecule is CCOC1CC(NS(=O)(=O)c2ccc(N)cc2)C1(C)C. The maximum atomic E-state index is 12.3. The van der Waals surface area contributed by atoms with Gasteiger partial charge in [0, 0.05) is 23.8 Å². The summed E-state index contributed by atoms with van der Waals surface area (Å²) in [6.45, 7) is 6.63. The summed E-state index contributed by atoms with van der Waals surface area (Å²) in [6, 6.07) is 6.10. The number of ether oxygens (including phenoxy) is 1. The zero-order valence-electron chi connectivity index (χ0n) is 12.1. The van der Waals surface area contributed by atoms with Crippen molar-refractivity contribution < 1.29 is 13.2 Å². The summed E-state index contributed by atoms with van der Waals surface area (Å²) < 4.78 is 33.0. The van der Waals surface area contributed by atoms with Crippen LogP contribution in [0.1, 0.15) is 27.2 Å².